The van der Waals surface area contributed by atoms with Crippen molar-refractivity contribution in [3.8, 4) is 5.75 Å². The molecule has 2 saturated carbocycles. The SMILES string of the molecule is Cc1cc(OC(=O)[C@@H]2CC(=O)N(c3cccc(C)c3C)C2)ccc1N1C(=O)[C@@H]2[C@H]3C=C[C@@H]([C@@H]4C[C@H]34)[C@@H]2C1=O. The third kappa shape index (κ3) is 3.27. The summed E-state index contributed by atoms with van der Waals surface area (Å²) >= 11 is 0. The summed E-state index contributed by atoms with van der Waals surface area (Å²) in [4.78, 5) is 55.7. The van der Waals surface area contributed by atoms with Gasteiger partial charge in [-0.15, -0.1) is 0 Å². The molecule has 2 saturated heterocycles. The van der Waals surface area contributed by atoms with Crippen LogP contribution in [0.25, 0.3) is 0 Å². The summed E-state index contributed by atoms with van der Waals surface area (Å²) in [6, 6.07) is 10.8. The number of amides is 3. The van der Waals surface area contributed by atoms with Gasteiger partial charge < -0.3 is 9.64 Å². The number of rotatable bonds is 4. The van der Waals surface area contributed by atoms with Crippen molar-refractivity contribution in [3.05, 3.63) is 65.2 Å². The van der Waals surface area contributed by atoms with E-state index >= 15 is 0 Å². The van der Waals surface area contributed by atoms with Gasteiger partial charge in [0.25, 0.3) is 0 Å². The van der Waals surface area contributed by atoms with Gasteiger partial charge in [-0.1, -0.05) is 24.3 Å². The van der Waals surface area contributed by atoms with Crippen LogP contribution in [0.5, 0.6) is 5.75 Å². The fourth-order valence-corrected chi connectivity index (χ4v) is 7.46. The van der Waals surface area contributed by atoms with Gasteiger partial charge in [-0.3, -0.25) is 19.2 Å². The molecule has 7 nitrogen and oxygen atoms in total. The van der Waals surface area contributed by atoms with Crippen molar-refractivity contribution in [2.24, 2.45) is 41.4 Å². The standard InChI is InChI=1S/C31H30N2O5/c1-15-5-4-6-25(17(15)3)32-14-18(12-26(32)34)31(37)38-19-7-10-24(16(2)11-19)33-29(35)27-20-8-9-21(23-13-22(20)23)28(27)30(33)36/h4-11,18,20-23,27-28H,12-14H2,1-3H3/t18-,20+,21+,22-,23+,27-,28+/m1/s1. The number of hydrogen-bond donors (Lipinski definition) is 0. The Balaban J connectivity index is 1.07. The molecule has 0 aromatic heterocycles. The molecule has 2 aromatic carbocycles. The monoisotopic (exact) mass is 510 g/mol. The zero-order valence-electron chi connectivity index (χ0n) is 21.7. The van der Waals surface area contributed by atoms with Crippen LogP contribution in [0.1, 0.15) is 29.5 Å². The van der Waals surface area contributed by atoms with Crippen LogP contribution >= 0.6 is 0 Å². The lowest BCUT2D eigenvalue weighted by Crippen LogP contribution is -2.40. The van der Waals surface area contributed by atoms with E-state index in [0.717, 1.165) is 23.2 Å². The van der Waals surface area contributed by atoms with Crippen LogP contribution < -0.4 is 14.5 Å². The van der Waals surface area contributed by atoms with E-state index < -0.39 is 11.9 Å². The predicted molar refractivity (Wildman–Crippen MR) is 140 cm³/mol. The van der Waals surface area contributed by atoms with Crippen molar-refractivity contribution in [1.29, 1.82) is 0 Å². The smallest absolute Gasteiger partial charge is 0.316 e. The summed E-state index contributed by atoms with van der Waals surface area (Å²) in [5.41, 5.74) is 4.19. The van der Waals surface area contributed by atoms with E-state index in [4.69, 9.17) is 4.74 Å². The molecule has 0 N–H and O–H groups in total. The van der Waals surface area contributed by atoms with E-state index in [2.05, 4.69) is 12.2 Å². The average Bonchev–Trinajstić information content (AvgIpc) is 3.57. The second-order valence-electron chi connectivity index (χ2n) is 11.7. The number of carbonyl (C=O) groups is 4. The molecule has 4 aliphatic carbocycles. The Morgan fingerprint density at radius 1 is 0.868 bits per heavy atom. The van der Waals surface area contributed by atoms with Crippen LogP contribution in [0.4, 0.5) is 11.4 Å². The first-order valence-corrected chi connectivity index (χ1v) is 13.5. The van der Waals surface area contributed by atoms with Crippen molar-refractivity contribution < 1.29 is 23.9 Å². The maximum Gasteiger partial charge on any atom is 0.316 e. The molecular weight excluding hydrogens is 480 g/mol. The van der Waals surface area contributed by atoms with Crippen LogP contribution in [-0.4, -0.2) is 30.2 Å². The Labute approximate surface area is 221 Å². The number of imide groups is 1. The summed E-state index contributed by atoms with van der Waals surface area (Å²) in [5, 5.41) is 0. The zero-order valence-corrected chi connectivity index (χ0v) is 21.7. The molecule has 2 heterocycles. The van der Waals surface area contributed by atoms with Crippen molar-refractivity contribution in [2.75, 3.05) is 16.3 Å². The number of nitrogens with zero attached hydrogens (tertiary/aromatic N) is 2. The third-order valence-electron chi connectivity index (χ3n) is 9.62. The van der Waals surface area contributed by atoms with Crippen LogP contribution in [0, 0.1) is 62.2 Å². The molecule has 2 aromatic rings. The Morgan fingerprint density at radius 3 is 2.21 bits per heavy atom. The fraction of sp³-hybridized carbons (Fsp3) is 0.419. The first-order valence-electron chi connectivity index (χ1n) is 13.5. The summed E-state index contributed by atoms with van der Waals surface area (Å²) in [7, 11) is 0. The molecule has 0 unspecified atom stereocenters. The highest BCUT2D eigenvalue weighted by Gasteiger charge is 2.67. The van der Waals surface area contributed by atoms with Gasteiger partial charge >= 0.3 is 5.97 Å². The zero-order chi connectivity index (χ0) is 26.5. The van der Waals surface area contributed by atoms with E-state index in [-0.39, 0.29) is 54.4 Å². The van der Waals surface area contributed by atoms with Gasteiger partial charge in [0, 0.05) is 18.7 Å². The molecule has 0 spiro atoms. The first-order chi connectivity index (χ1) is 18.2. The minimum absolute atomic E-state index is 0.0965. The summed E-state index contributed by atoms with van der Waals surface area (Å²) < 4.78 is 5.68. The lowest BCUT2D eigenvalue weighted by molar-refractivity contribution is -0.139. The number of esters is 1. The normalized spacial score (nSPS) is 32.6. The fourth-order valence-electron chi connectivity index (χ4n) is 7.46. The van der Waals surface area contributed by atoms with Crippen molar-refractivity contribution >= 4 is 35.1 Å². The van der Waals surface area contributed by atoms with E-state index in [1.807, 2.05) is 39.0 Å². The van der Waals surface area contributed by atoms with Crippen LogP contribution in [0.2, 0.25) is 0 Å². The summed E-state index contributed by atoms with van der Waals surface area (Å²) in [6.07, 6.45) is 5.56. The maximum absolute atomic E-state index is 13.5. The number of anilines is 2. The summed E-state index contributed by atoms with van der Waals surface area (Å²) in [5.74, 6) is -0.0322. The first kappa shape index (κ1) is 23.4. The minimum atomic E-state index is -0.568. The number of ether oxygens (including phenoxy) is 1. The molecule has 7 atom stereocenters. The highest BCUT2D eigenvalue weighted by molar-refractivity contribution is 6.23. The molecule has 6 aliphatic rings. The molecule has 2 bridgehead atoms. The van der Waals surface area contributed by atoms with Gasteiger partial charge in [-0.2, -0.15) is 0 Å². The van der Waals surface area contributed by atoms with E-state index in [9.17, 15) is 19.2 Å². The molecule has 38 heavy (non-hydrogen) atoms. The maximum atomic E-state index is 13.5. The molecule has 7 heteroatoms. The number of hydrogen-bond acceptors (Lipinski definition) is 5. The Kier molecular flexibility index (Phi) is 5.00. The summed E-state index contributed by atoms with van der Waals surface area (Å²) in [6.45, 7) is 6.07. The largest absolute Gasteiger partial charge is 0.426 e. The number of carbonyl (C=O) groups excluding carboxylic acids is 4. The van der Waals surface area contributed by atoms with Gasteiger partial charge in [-0.05, 0) is 91.8 Å². The molecule has 3 amide bonds. The number of benzene rings is 2. The minimum Gasteiger partial charge on any atom is -0.426 e. The highest BCUT2D eigenvalue weighted by atomic mass is 16.5. The Morgan fingerprint density at radius 2 is 1.55 bits per heavy atom. The second kappa shape index (κ2) is 8.13. The molecular formula is C31H30N2O5. The van der Waals surface area contributed by atoms with Crippen molar-refractivity contribution in [1.82, 2.24) is 0 Å². The van der Waals surface area contributed by atoms with Gasteiger partial charge in [0.1, 0.15) is 5.75 Å². The molecule has 194 valence electrons. The van der Waals surface area contributed by atoms with Gasteiger partial charge in [0.2, 0.25) is 17.7 Å². The molecule has 0 radical (unpaired) electrons. The predicted octanol–water partition coefficient (Wildman–Crippen LogP) is 4.13. The molecule has 8 rings (SSSR count). The quantitative estimate of drug-likeness (QED) is 0.267. The van der Waals surface area contributed by atoms with Gasteiger partial charge in [-0.25, -0.2) is 4.90 Å². The van der Waals surface area contributed by atoms with Crippen LogP contribution in [0.3, 0.4) is 0 Å². The van der Waals surface area contributed by atoms with Crippen molar-refractivity contribution in [2.45, 2.75) is 33.6 Å². The Hall–Kier alpha value is -3.74. The lowest BCUT2D eigenvalue weighted by atomic mass is 9.63. The highest BCUT2D eigenvalue weighted by Crippen LogP contribution is 2.65. The number of allylic oxidation sites excluding steroid dienone is 2. The topological polar surface area (TPSA) is 84.0 Å². The van der Waals surface area contributed by atoms with E-state index in [0.29, 0.717) is 28.8 Å². The van der Waals surface area contributed by atoms with Gasteiger partial charge in [0.15, 0.2) is 0 Å². The molecule has 2 aliphatic heterocycles. The lowest BCUT2D eigenvalue weighted by Gasteiger charge is -2.37. The van der Waals surface area contributed by atoms with Crippen LogP contribution in [0.15, 0.2) is 48.6 Å². The van der Waals surface area contributed by atoms with Crippen molar-refractivity contribution in [3.63, 3.8) is 0 Å². The third-order valence-corrected chi connectivity index (χ3v) is 9.62. The van der Waals surface area contributed by atoms with E-state index in [1.54, 1.807) is 23.1 Å². The number of aryl methyl sites for hydroxylation is 2. The Bertz CT molecular complexity index is 1420. The van der Waals surface area contributed by atoms with Crippen LogP contribution in [-0.2, 0) is 19.2 Å². The molecule has 4 fully saturated rings. The van der Waals surface area contributed by atoms with E-state index in [1.165, 1.54) is 4.90 Å². The second-order valence-corrected chi connectivity index (χ2v) is 11.7. The average molecular weight is 511 g/mol. The van der Waals surface area contributed by atoms with Gasteiger partial charge in [0.05, 0.1) is 23.4 Å².